The predicted octanol–water partition coefficient (Wildman–Crippen LogP) is 6.80. The van der Waals surface area contributed by atoms with Crippen molar-refractivity contribution in [1.82, 2.24) is 9.97 Å². The lowest BCUT2D eigenvalue weighted by Crippen LogP contribution is -1.95. The molecule has 165 valence electrons. The molecule has 0 N–H and O–H groups in total. The third-order valence-corrected chi connectivity index (χ3v) is 5.95. The van der Waals surface area contributed by atoms with Crippen LogP contribution in [0.15, 0.2) is 60.8 Å². The Kier molecular flexibility index (Phi) is 6.63. The molecule has 0 aliphatic carbocycles. The Morgan fingerprint density at radius 2 is 1.67 bits per heavy atom. The first-order valence-electron chi connectivity index (χ1n) is 9.92. The number of carbonyl (C=O) groups excluding carboxylic acids is 1. The molecular formula is C26H19Cl2N2O3. The molecule has 0 saturated carbocycles. The average molecular weight is 478 g/mol. The molecule has 2 aromatic heterocycles. The minimum absolute atomic E-state index is 0.403. The summed E-state index contributed by atoms with van der Waals surface area (Å²) in [5.74, 6) is 0.967. The van der Waals surface area contributed by atoms with Crippen molar-refractivity contribution in [2.24, 2.45) is 0 Å². The van der Waals surface area contributed by atoms with Crippen LogP contribution in [0.5, 0.6) is 11.6 Å². The van der Waals surface area contributed by atoms with Gasteiger partial charge in [0.15, 0.2) is 0 Å². The molecule has 0 fully saturated rings. The van der Waals surface area contributed by atoms with E-state index >= 15 is 0 Å². The van der Waals surface area contributed by atoms with Crippen molar-refractivity contribution in [1.29, 1.82) is 0 Å². The van der Waals surface area contributed by atoms with Gasteiger partial charge in [0.2, 0.25) is 5.88 Å². The smallest absolute Gasteiger partial charge is 0.216 e. The highest BCUT2D eigenvalue weighted by molar-refractivity contribution is 6.39. The summed E-state index contributed by atoms with van der Waals surface area (Å²) in [6.07, 6.45) is 2.40. The van der Waals surface area contributed by atoms with E-state index in [4.69, 9.17) is 32.7 Å². The van der Waals surface area contributed by atoms with Gasteiger partial charge in [0, 0.05) is 39.6 Å². The van der Waals surface area contributed by atoms with Crippen LogP contribution in [-0.4, -0.2) is 30.5 Å². The second kappa shape index (κ2) is 9.61. The van der Waals surface area contributed by atoms with Gasteiger partial charge in [-0.3, -0.25) is 9.78 Å². The molecule has 7 heteroatoms. The normalized spacial score (nSPS) is 10.7. The molecule has 2 aromatic carbocycles. The molecule has 0 bridgehead atoms. The fourth-order valence-electron chi connectivity index (χ4n) is 3.53. The summed E-state index contributed by atoms with van der Waals surface area (Å²) in [6, 6.07) is 16.2. The molecule has 0 amide bonds. The molecule has 4 rings (SSSR count). The molecule has 0 aliphatic rings. The third-order valence-electron chi connectivity index (χ3n) is 5.16. The molecule has 1 radical (unpaired) electrons. The molecule has 5 nitrogen and oxygen atoms in total. The van der Waals surface area contributed by atoms with Gasteiger partial charge in [0.1, 0.15) is 12.0 Å². The summed E-state index contributed by atoms with van der Waals surface area (Å²) in [7, 11) is 3.08. The number of ether oxygens (including phenoxy) is 2. The number of halogens is 2. The Balaban J connectivity index is 1.85. The molecule has 0 atom stereocenters. The lowest BCUT2D eigenvalue weighted by Gasteiger charge is -2.14. The van der Waals surface area contributed by atoms with E-state index in [0.29, 0.717) is 55.3 Å². The van der Waals surface area contributed by atoms with Gasteiger partial charge >= 0.3 is 0 Å². The van der Waals surface area contributed by atoms with Crippen molar-refractivity contribution < 1.29 is 14.3 Å². The Hall–Kier alpha value is -3.41. The topological polar surface area (TPSA) is 61.3 Å². The number of carbonyl (C=O) groups is 1. The summed E-state index contributed by atoms with van der Waals surface area (Å²) >= 11 is 13.7. The number of rotatable bonds is 6. The highest BCUT2D eigenvalue weighted by atomic mass is 35.5. The zero-order chi connectivity index (χ0) is 23.5. The first-order valence-corrected chi connectivity index (χ1v) is 10.7. The van der Waals surface area contributed by atoms with Gasteiger partial charge in [0.05, 0.1) is 35.7 Å². The number of methoxy groups -OCH3 is 2. The standard InChI is InChI=1S/C26H19Cl2N2O3/c1-15-7-8-22(30-26(15)33-3)21-6-4-5-19(23(21)27)20-9-10-29-25(24(20)28)17-11-16(14-31)12-18(13-17)32-2/h4-14H,1H2,2-3H3. The zero-order valence-corrected chi connectivity index (χ0v) is 19.4. The van der Waals surface area contributed by atoms with Crippen LogP contribution in [0, 0.1) is 6.92 Å². The van der Waals surface area contributed by atoms with Gasteiger partial charge in [-0.2, -0.15) is 0 Å². The minimum atomic E-state index is 0.403. The van der Waals surface area contributed by atoms with Gasteiger partial charge in [-0.15, -0.1) is 0 Å². The predicted molar refractivity (Wildman–Crippen MR) is 131 cm³/mol. The molecule has 0 saturated heterocycles. The molecule has 2 heterocycles. The number of aldehydes is 1. The Labute approximate surface area is 201 Å². The van der Waals surface area contributed by atoms with Crippen LogP contribution in [-0.2, 0) is 0 Å². The van der Waals surface area contributed by atoms with Crippen LogP contribution in [0.25, 0.3) is 33.6 Å². The van der Waals surface area contributed by atoms with E-state index in [1.165, 1.54) is 7.11 Å². The molecule has 4 aromatic rings. The van der Waals surface area contributed by atoms with Gasteiger partial charge < -0.3 is 9.47 Å². The van der Waals surface area contributed by atoms with E-state index in [9.17, 15) is 4.79 Å². The van der Waals surface area contributed by atoms with Gasteiger partial charge in [0.25, 0.3) is 0 Å². The van der Waals surface area contributed by atoms with E-state index < -0.39 is 0 Å². The average Bonchev–Trinajstić information content (AvgIpc) is 2.84. The summed E-state index contributed by atoms with van der Waals surface area (Å²) in [5.41, 5.74) is 5.12. The molecule has 0 spiro atoms. The van der Waals surface area contributed by atoms with E-state index in [-0.39, 0.29) is 0 Å². The number of nitrogens with zero attached hydrogens (tertiary/aromatic N) is 2. The van der Waals surface area contributed by atoms with Gasteiger partial charge in [-0.05, 0) is 37.3 Å². The van der Waals surface area contributed by atoms with Crippen LogP contribution in [0.1, 0.15) is 15.9 Å². The number of pyridine rings is 2. The number of benzene rings is 2. The maximum absolute atomic E-state index is 11.4. The molecule has 33 heavy (non-hydrogen) atoms. The van der Waals surface area contributed by atoms with Crippen molar-refractivity contribution in [2.75, 3.05) is 14.2 Å². The van der Waals surface area contributed by atoms with Crippen LogP contribution in [0.4, 0.5) is 0 Å². The van der Waals surface area contributed by atoms with Crippen molar-refractivity contribution in [2.45, 2.75) is 0 Å². The maximum Gasteiger partial charge on any atom is 0.216 e. The first-order chi connectivity index (χ1) is 16.0. The van der Waals surface area contributed by atoms with E-state index in [0.717, 1.165) is 17.4 Å². The zero-order valence-electron chi connectivity index (χ0n) is 17.9. The maximum atomic E-state index is 11.4. The van der Waals surface area contributed by atoms with E-state index in [1.54, 1.807) is 37.6 Å². The fraction of sp³-hybridized carbons (Fsp3) is 0.0769. The van der Waals surface area contributed by atoms with Crippen LogP contribution < -0.4 is 9.47 Å². The monoisotopic (exact) mass is 477 g/mol. The fourth-order valence-corrected chi connectivity index (χ4v) is 4.18. The minimum Gasteiger partial charge on any atom is -0.497 e. The van der Waals surface area contributed by atoms with Crippen molar-refractivity contribution >= 4 is 29.5 Å². The van der Waals surface area contributed by atoms with Crippen LogP contribution in [0.2, 0.25) is 10.0 Å². The molecule has 0 unspecified atom stereocenters. The Morgan fingerprint density at radius 1 is 0.909 bits per heavy atom. The summed E-state index contributed by atoms with van der Waals surface area (Å²) in [6.45, 7) is 3.91. The summed E-state index contributed by atoms with van der Waals surface area (Å²) < 4.78 is 10.6. The summed E-state index contributed by atoms with van der Waals surface area (Å²) in [5, 5.41) is 0.891. The SMILES string of the molecule is [CH2]c1ccc(-c2cccc(-c3ccnc(-c4cc(C=O)cc(OC)c4)c3Cl)c2Cl)nc1OC. The van der Waals surface area contributed by atoms with Gasteiger partial charge in [-0.25, -0.2) is 4.98 Å². The lowest BCUT2D eigenvalue weighted by molar-refractivity contribution is 0.112. The number of hydrogen-bond acceptors (Lipinski definition) is 5. The third kappa shape index (κ3) is 4.42. The number of hydrogen-bond donors (Lipinski definition) is 0. The Morgan fingerprint density at radius 3 is 2.39 bits per heavy atom. The van der Waals surface area contributed by atoms with Gasteiger partial charge in [-0.1, -0.05) is 47.5 Å². The van der Waals surface area contributed by atoms with Crippen molar-refractivity contribution in [3.8, 4) is 45.3 Å². The summed E-state index contributed by atoms with van der Waals surface area (Å²) in [4.78, 5) is 20.3. The van der Waals surface area contributed by atoms with E-state index in [1.807, 2.05) is 30.3 Å². The molecular weight excluding hydrogens is 459 g/mol. The largest absolute Gasteiger partial charge is 0.497 e. The van der Waals surface area contributed by atoms with E-state index in [2.05, 4.69) is 16.9 Å². The first kappa shape index (κ1) is 22.8. The highest BCUT2D eigenvalue weighted by Crippen LogP contribution is 2.42. The Bertz CT molecular complexity index is 1360. The number of aromatic nitrogens is 2. The quantitative estimate of drug-likeness (QED) is 0.286. The highest BCUT2D eigenvalue weighted by Gasteiger charge is 2.18. The van der Waals surface area contributed by atoms with Crippen LogP contribution in [0.3, 0.4) is 0 Å². The lowest BCUT2D eigenvalue weighted by atomic mass is 9.99. The van der Waals surface area contributed by atoms with Crippen LogP contribution >= 0.6 is 23.2 Å². The second-order valence-electron chi connectivity index (χ2n) is 7.17. The second-order valence-corrected chi connectivity index (χ2v) is 7.92. The van der Waals surface area contributed by atoms with Crippen molar-refractivity contribution in [3.05, 3.63) is 88.9 Å². The molecule has 0 aliphatic heterocycles. The van der Waals surface area contributed by atoms with Crippen molar-refractivity contribution in [3.63, 3.8) is 0 Å².